The van der Waals surface area contributed by atoms with Crippen LogP contribution in [0.2, 0.25) is 5.02 Å². The Hall–Kier alpha value is -2.64. The number of nitrogens with two attached hydrogens (primary N) is 1. The quantitative estimate of drug-likeness (QED) is 0.677. The molecule has 3 aromatic rings. The number of nitrogens with zero attached hydrogens (tertiary/aromatic N) is 2. The lowest BCUT2D eigenvalue weighted by atomic mass is 9.97. The topological polar surface area (TPSA) is 88.3 Å². The molecule has 3 N–H and O–H groups in total. The first-order valence-corrected chi connectivity index (χ1v) is 10.2. The number of carbonyl (C=O) groups excluding carboxylic acids is 2. The van der Waals surface area contributed by atoms with Gasteiger partial charge in [0.2, 0.25) is 11.8 Å². The Morgan fingerprint density at radius 1 is 1.25 bits per heavy atom. The highest BCUT2D eigenvalue weighted by Crippen LogP contribution is 2.32. The number of halogens is 1. The van der Waals surface area contributed by atoms with E-state index >= 15 is 0 Å². The average molecular weight is 415 g/mol. The highest BCUT2D eigenvalue weighted by Gasteiger charge is 2.27. The maximum absolute atomic E-state index is 12.8. The molecular formula is C20H19ClN4O2S. The van der Waals surface area contributed by atoms with Crippen molar-refractivity contribution in [3.63, 3.8) is 0 Å². The molecule has 4 rings (SSSR count). The molecule has 1 aliphatic heterocycles. The van der Waals surface area contributed by atoms with Crippen molar-refractivity contribution in [1.82, 2.24) is 4.98 Å². The van der Waals surface area contributed by atoms with Crippen LogP contribution in [0.3, 0.4) is 0 Å². The third-order valence-electron chi connectivity index (χ3n) is 4.84. The van der Waals surface area contributed by atoms with Crippen LogP contribution in [0.4, 0.5) is 10.8 Å². The molecule has 8 heteroatoms. The van der Waals surface area contributed by atoms with Crippen molar-refractivity contribution < 1.29 is 9.59 Å². The summed E-state index contributed by atoms with van der Waals surface area (Å²) < 4.78 is 1.14. The Morgan fingerprint density at radius 2 is 2.07 bits per heavy atom. The average Bonchev–Trinajstić information content (AvgIpc) is 3.13. The summed E-state index contributed by atoms with van der Waals surface area (Å²) in [5.74, 6) is -0.863. The third-order valence-corrected chi connectivity index (χ3v) is 6.27. The van der Waals surface area contributed by atoms with Crippen LogP contribution < -0.4 is 16.0 Å². The summed E-state index contributed by atoms with van der Waals surface area (Å²) in [6.07, 6.45) is 1.73. The molecule has 1 aromatic heterocycles. The monoisotopic (exact) mass is 414 g/mol. The SMILES string of the molecule is NC(=O)c1cc(NC(=O)[C@@H]2CCCN(c3nc4ccccc4s3)C2)ccc1Cl. The Balaban J connectivity index is 1.47. The number of fused-ring (bicyclic) bond motifs is 1. The molecule has 1 saturated heterocycles. The van der Waals surface area contributed by atoms with Gasteiger partial charge in [-0.05, 0) is 43.2 Å². The molecule has 6 nitrogen and oxygen atoms in total. The van der Waals surface area contributed by atoms with Crippen molar-refractivity contribution in [3.05, 3.63) is 53.1 Å². The highest BCUT2D eigenvalue weighted by molar-refractivity contribution is 7.22. The molecular weight excluding hydrogens is 396 g/mol. The van der Waals surface area contributed by atoms with E-state index < -0.39 is 5.91 Å². The summed E-state index contributed by atoms with van der Waals surface area (Å²) in [6, 6.07) is 12.8. The number of amides is 2. The molecule has 0 saturated carbocycles. The van der Waals surface area contributed by atoms with Crippen molar-refractivity contribution >= 4 is 55.8 Å². The fourth-order valence-electron chi connectivity index (χ4n) is 3.40. The van der Waals surface area contributed by atoms with Crippen molar-refractivity contribution in [3.8, 4) is 0 Å². The summed E-state index contributed by atoms with van der Waals surface area (Å²) >= 11 is 7.62. The van der Waals surface area contributed by atoms with Gasteiger partial charge in [-0.2, -0.15) is 0 Å². The smallest absolute Gasteiger partial charge is 0.250 e. The molecule has 0 aliphatic carbocycles. The Kier molecular flexibility index (Phi) is 5.19. The number of anilines is 2. The van der Waals surface area contributed by atoms with E-state index in [9.17, 15) is 9.59 Å². The van der Waals surface area contributed by atoms with Crippen LogP contribution in [0.5, 0.6) is 0 Å². The number of aromatic nitrogens is 1. The van der Waals surface area contributed by atoms with Crippen molar-refractivity contribution in [2.75, 3.05) is 23.3 Å². The van der Waals surface area contributed by atoms with E-state index in [4.69, 9.17) is 22.3 Å². The van der Waals surface area contributed by atoms with Crippen molar-refractivity contribution in [2.24, 2.45) is 11.7 Å². The van der Waals surface area contributed by atoms with E-state index in [-0.39, 0.29) is 22.4 Å². The van der Waals surface area contributed by atoms with Gasteiger partial charge in [0.15, 0.2) is 5.13 Å². The summed E-state index contributed by atoms with van der Waals surface area (Å²) in [7, 11) is 0. The number of para-hydroxylation sites is 1. The largest absolute Gasteiger partial charge is 0.366 e. The molecule has 0 unspecified atom stereocenters. The van der Waals surface area contributed by atoms with Gasteiger partial charge in [-0.3, -0.25) is 9.59 Å². The number of hydrogen-bond donors (Lipinski definition) is 2. The van der Waals surface area contributed by atoms with E-state index in [2.05, 4.69) is 16.3 Å². The molecule has 0 radical (unpaired) electrons. The number of hydrogen-bond acceptors (Lipinski definition) is 5. The molecule has 2 amide bonds. The zero-order valence-electron chi connectivity index (χ0n) is 15.0. The van der Waals surface area contributed by atoms with Gasteiger partial charge in [0, 0.05) is 18.8 Å². The fourth-order valence-corrected chi connectivity index (χ4v) is 4.61. The maximum atomic E-state index is 12.8. The molecule has 1 atom stereocenters. The van der Waals surface area contributed by atoms with Gasteiger partial charge >= 0.3 is 0 Å². The third kappa shape index (κ3) is 3.81. The van der Waals surface area contributed by atoms with Gasteiger partial charge in [-0.15, -0.1) is 0 Å². The molecule has 28 heavy (non-hydrogen) atoms. The van der Waals surface area contributed by atoms with Gasteiger partial charge in [0.25, 0.3) is 0 Å². The van der Waals surface area contributed by atoms with Crippen LogP contribution in [-0.2, 0) is 4.79 Å². The number of rotatable bonds is 4. The zero-order chi connectivity index (χ0) is 19.7. The molecule has 2 aromatic carbocycles. The fraction of sp³-hybridized carbons (Fsp3) is 0.250. The number of piperidine rings is 1. The number of primary amides is 1. The van der Waals surface area contributed by atoms with Crippen LogP contribution in [0, 0.1) is 5.92 Å². The minimum absolute atomic E-state index is 0.0800. The van der Waals surface area contributed by atoms with Crippen LogP contribution in [-0.4, -0.2) is 29.9 Å². The summed E-state index contributed by atoms with van der Waals surface area (Å²) in [5.41, 5.74) is 7.01. The van der Waals surface area contributed by atoms with E-state index in [0.29, 0.717) is 12.2 Å². The van der Waals surface area contributed by atoms with Gasteiger partial charge in [-0.25, -0.2) is 4.98 Å². The number of thiazole rings is 1. The molecule has 144 valence electrons. The van der Waals surface area contributed by atoms with E-state index in [1.165, 1.54) is 6.07 Å². The summed E-state index contributed by atoms with van der Waals surface area (Å²) in [4.78, 5) is 31.1. The minimum atomic E-state index is -0.624. The molecule has 0 spiro atoms. The first-order chi connectivity index (χ1) is 13.5. The van der Waals surface area contributed by atoms with Crippen molar-refractivity contribution in [2.45, 2.75) is 12.8 Å². The first-order valence-electron chi connectivity index (χ1n) is 9.02. The standard InChI is InChI=1S/C20H19ClN4O2S/c21-15-8-7-13(10-14(15)18(22)26)23-19(27)12-4-3-9-25(11-12)20-24-16-5-1-2-6-17(16)28-20/h1-2,5-8,10,12H,3-4,9,11H2,(H2,22,26)(H,23,27)/t12-/m1/s1. The summed E-state index contributed by atoms with van der Waals surface area (Å²) in [6.45, 7) is 1.50. The van der Waals surface area contributed by atoms with Crippen LogP contribution in [0.25, 0.3) is 10.2 Å². The number of benzene rings is 2. The Bertz CT molecular complexity index is 1020. The van der Waals surface area contributed by atoms with E-state index in [1.807, 2.05) is 18.2 Å². The predicted octanol–water partition coefficient (Wildman–Crippen LogP) is 3.90. The molecule has 0 bridgehead atoms. The lowest BCUT2D eigenvalue weighted by Crippen LogP contribution is -2.40. The second kappa shape index (κ2) is 7.77. The Morgan fingerprint density at radius 3 is 2.86 bits per heavy atom. The molecule has 1 aliphatic rings. The maximum Gasteiger partial charge on any atom is 0.250 e. The lowest BCUT2D eigenvalue weighted by Gasteiger charge is -2.31. The molecule has 2 heterocycles. The lowest BCUT2D eigenvalue weighted by molar-refractivity contribution is -0.120. The predicted molar refractivity (Wildman–Crippen MR) is 113 cm³/mol. The number of carbonyl (C=O) groups is 2. The first kappa shape index (κ1) is 18.7. The van der Waals surface area contributed by atoms with E-state index in [1.54, 1.807) is 23.5 Å². The van der Waals surface area contributed by atoms with Crippen LogP contribution in [0.1, 0.15) is 23.2 Å². The van der Waals surface area contributed by atoms with Gasteiger partial charge in [0.05, 0.1) is 26.7 Å². The minimum Gasteiger partial charge on any atom is -0.366 e. The van der Waals surface area contributed by atoms with Crippen LogP contribution >= 0.6 is 22.9 Å². The zero-order valence-corrected chi connectivity index (χ0v) is 16.6. The molecule has 1 fully saturated rings. The summed E-state index contributed by atoms with van der Waals surface area (Å²) in [5, 5.41) is 4.10. The second-order valence-corrected chi connectivity index (χ2v) is 8.21. The van der Waals surface area contributed by atoms with Gasteiger partial charge < -0.3 is 16.0 Å². The second-order valence-electron chi connectivity index (χ2n) is 6.80. The van der Waals surface area contributed by atoms with E-state index in [0.717, 1.165) is 34.7 Å². The Labute approximate surface area is 171 Å². The van der Waals surface area contributed by atoms with Crippen molar-refractivity contribution in [1.29, 1.82) is 0 Å². The normalized spacial score (nSPS) is 16.9. The van der Waals surface area contributed by atoms with Gasteiger partial charge in [0.1, 0.15) is 0 Å². The van der Waals surface area contributed by atoms with Crippen LogP contribution in [0.15, 0.2) is 42.5 Å². The highest BCUT2D eigenvalue weighted by atomic mass is 35.5. The van der Waals surface area contributed by atoms with Gasteiger partial charge in [-0.1, -0.05) is 35.1 Å². The number of nitrogens with one attached hydrogen (secondary N) is 1.